The molecule has 3 heterocycles. The molecule has 0 saturated carbocycles. The third kappa shape index (κ3) is 2.86. The number of carbonyl (C=O) groups excluding carboxylic acids is 3. The zero-order valence-electron chi connectivity index (χ0n) is 17.4. The number of rotatable bonds is 3. The van der Waals surface area contributed by atoms with Crippen LogP contribution in [-0.2, 0) is 14.3 Å². The molecule has 3 aliphatic rings. The van der Waals surface area contributed by atoms with Crippen molar-refractivity contribution in [3.63, 3.8) is 0 Å². The van der Waals surface area contributed by atoms with Gasteiger partial charge in [0.15, 0.2) is 0 Å². The van der Waals surface area contributed by atoms with E-state index in [1.807, 2.05) is 18.2 Å². The quantitative estimate of drug-likeness (QED) is 0.400. The van der Waals surface area contributed by atoms with Crippen molar-refractivity contribution in [1.29, 1.82) is 0 Å². The van der Waals surface area contributed by atoms with Crippen molar-refractivity contribution < 1.29 is 23.9 Å². The number of carbonyl (C=O) groups is 3. The van der Waals surface area contributed by atoms with Crippen molar-refractivity contribution in [2.75, 3.05) is 18.1 Å². The van der Waals surface area contributed by atoms with Gasteiger partial charge in [-0.1, -0.05) is 31.9 Å². The van der Waals surface area contributed by atoms with Gasteiger partial charge in [0.1, 0.15) is 11.3 Å². The van der Waals surface area contributed by atoms with Crippen molar-refractivity contribution >= 4 is 55.5 Å². The maximum Gasteiger partial charge on any atom is 0.332 e. The first kappa shape index (κ1) is 21.5. The minimum atomic E-state index is -1.39. The zero-order chi connectivity index (χ0) is 22.8. The smallest absolute Gasteiger partial charge is 0.332 e. The molecule has 0 spiro atoms. The van der Waals surface area contributed by atoms with Gasteiger partial charge in [-0.15, -0.1) is 0 Å². The molecule has 3 aliphatic heterocycles. The number of ether oxygens (including phenoxy) is 2. The number of urea groups is 1. The number of amides is 3. The Morgan fingerprint density at radius 3 is 2.53 bits per heavy atom. The minimum absolute atomic E-state index is 0.185. The number of anilines is 1. The maximum atomic E-state index is 13.8. The van der Waals surface area contributed by atoms with Crippen LogP contribution < -0.4 is 9.64 Å². The van der Waals surface area contributed by atoms with E-state index < -0.39 is 41.3 Å². The zero-order valence-corrected chi connectivity index (χ0v) is 20.6. The molecule has 4 atom stereocenters. The third-order valence-corrected chi connectivity index (χ3v) is 7.62. The summed E-state index contributed by atoms with van der Waals surface area (Å²) in [7, 11) is 0. The predicted molar refractivity (Wildman–Crippen MR) is 123 cm³/mol. The van der Waals surface area contributed by atoms with Crippen molar-refractivity contribution in [3.8, 4) is 5.75 Å². The molecule has 0 N–H and O–H groups in total. The van der Waals surface area contributed by atoms with Crippen LogP contribution in [0.25, 0.3) is 0 Å². The van der Waals surface area contributed by atoms with Crippen molar-refractivity contribution in [1.82, 2.24) is 4.90 Å². The van der Waals surface area contributed by atoms with Gasteiger partial charge in [-0.25, -0.2) is 9.69 Å². The predicted octanol–water partition coefficient (Wildman–Crippen LogP) is 4.68. The van der Waals surface area contributed by atoms with Crippen molar-refractivity contribution in [2.45, 2.75) is 25.4 Å². The van der Waals surface area contributed by atoms with Crippen LogP contribution in [0.4, 0.5) is 10.5 Å². The van der Waals surface area contributed by atoms with E-state index in [-0.39, 0.29) is 13.2 Å². The second-order valence-corrected chi connectivity index (χ2v) is 10.1. The van der Waals surface area contributed by atoms with Crippen LogP contribution in [0.5, 0.6) is 5.75 Å². The Morgan fingerprint density at radius 2 is 1.84 bits per heavy atom. The first-order chi connectivity index (χ1) is 15.3. The number of nitrogens with zero attached hydrogens (tertiary/aromatic N) is 2. The van der Waals surface area contributed by atoms with Gasteiger partial charge in [0, 0.05) is 20.4 Å². The van der Waals surface area contributed by atoms with Crippen LogP contribution in [0, 0.1) is 11.8 Å². The topological polar surface area (TPSA) is 76.2 Å². The fraction of sp³-hybridized carbons (Fsp3) is 0.348. The highest BCUT2D eigenvalue weighted by Gasteiger charge is 2.72. The first-order valence-corrected chi connectivity index (χ1v) is 11.9. The number of halogens is 2. The minimum Gasteiger partial charge on any atom is -0.493 e. The van der Waals surface area contributed by atoms with E-state index in [0.717, 1.165) is 14.5 Å². The Kier molecular flexibility index (Phi) is 5.09. The second-order valence-electron chi connectivity index (χ2n) is 8.25. The Morgan fingerprint density at radius 1 is 1.16 bits per heavy atom. The normalized spacial score (nSPS) is 28.2. The van der Waals surface area contributed by atoms with Crippen LogP contribution in [-0.4, -0.2) is 41.6 Å². The highest BCUT2D eigenvalue weighted by atomic mass is 79.9. The molecule has 5 rings (SSSR count). The molecule has 0 aliphatic carbocycles. The van der Waals surface area contributed by atoms with Gasteiger partial charge < -0.3 is 14.4 Å². The van der Waals surface area contributed by atoms with Crippen LogP contribution in [0.2, 0.25) is 0 Å². The summed E-state index contributed by atoms with van der Waals surface area (Å²) < 4.78 is 13.0. The van der Waals surface area contributed by atoms with Gasteiger partial charge in [0.2, 0.25) is 0 Å². The Balaban J connectivity index is 1.69. The molecular formula is C23H20Br2N2O5. The van der Waals surface area contributed by atoms with E-state index in [1.165, 1.54) is 4.90 Å². The summed E-state index contributed by atoms with van der Waals surface area (Å²) in [6.45, 7) is 3.80. The third-order valence-electron chi connectivity index (χ3n) is 6.60. The van der Waals surface area contributed by atoms with Crippen LogP contribution in [0.1, 0.15) is 25.5 Å². The summed E-state index contributed by atoms with van der Waals surface area (Å²) in [6, 6.07) is 11.6. The molecule has 3 unspecified atom stereocenters. The van der Waals surface area contributed by atoms with Crippen molar-refractivity contribution in [3.05, 3.63) is 57.0 Å². The fourth-order valence-electron chi connectivity index (χ4n) is 5.28. The molecule has 3 amide bonds. The second kappa shape index (κ2) is 7.59. The summed E-state index contributed by atoms with van der Waals surface area (Å²) in [4.78, 5) is 43.5. The van der Waals surface area contributed by atoms with Crippen LogP contribution in [0.15, 0.2) is 51.4 Å². The number of benzene rings is 2. The van der Waals surface area contributed by atoms with Gasteiger partial charge in [0.05, 0.1) is 30.9 Å². The van der Waals surface area contributed by atoms with Crippen molar-refractivity contribution in [2.24, 2.45) is 11.8 Å². The average molecular weight is 564 g/mol. The monoisotopic (exact) mass is 562 g/mol. The van der Waals surface area contributed by atoms with E-state index in [0.29, 0.717) is 11.4 Å². The number of hydrogen-bond acceptors (Lipinski definition) is 5. The molecule has 7 nitrogen and oxygen atoms in total. The van der Waals surface area contributed by atoms with Gasteiger partial charge in [-0.05, 0) is 56.3 Å². The lowest BCUT2D eigenvalue weighted by molar-refractivity contribution is -0.154. The summed E-state index contributed by atoms with van der Waals surface area (Å²) >= 11 is 6.87. The molecular weight excluding hydrogens is 544 g/mol. The average Bonchev–Trinajstić information content (AvgIpc) is 3.14. The summed E-state index contributed by atoms with van der Waals surface area (Å²) in [5.41, 5.74) is -0.161. The molecule has 2 aromatic carbocycles. The standard InChI is InChI=1S/C23H20Br2N2O5/c1-3-31-20(28)18-16-11-32-17-9-6-13(25)10-15(17)19(16)27-22(30)26(21(29)23(18,27)2)14-7-4-12(24)5-8-14/h4-10,16,18-19H,3,11H2,1-2H3/t16?,18?,19?,23-/m1/s1. The lowest BCUT2D eigenvalue weighted by Crippen LogP contribution is -2.51. The molecule has 2 fully saturated rings. The van der Waals surface area contributed by atoms with E-state index in [4.69, 9.17) is 9.47 Å². The number of hydrogen-bond donors (Lipinski definition) is 0. The van der Waals surface area contributed by atoms with E-state index >= 15 is 0 Å². The van der Waals surface area contributed by atoms with Crippen LogP contribution in [0.3, 0.4) is 0 Å². The number of esters is 1. The van der Waals surface area contributed by atoms with E-state index in [2.05, 4.69) is 31.9 Å². The molecule has 2 aromatic rings. The first-order valence-electron chi connectivity index (χ1n) is 10.3. The largest absolute Gasteiger partial charge is 0.493 e. The van der Waals surface area contributed by atoms with Gasteiger partial charge in [-0.3, -0.25) is 9.59 Å². The Hall–Kier alpha value is -2.39. The molecule has 0 bridgehead atoms. The highest BCUT2D eigenvalue weighted by Crippen LogP contribution is 2.58. The molecule has 2 saturated heterocycles. The van der Waals surface area contributed by atoms with Crippen LogP contribution >= 0.6 is 31.9 Å². The summed E-state index contributed by atoms with van der Waals surface area (Å²) in [5.74, 6) is -1.54. The molecule has 0 aromatic heterocycles. The molecule has 166 valence electrons. The van der Waals surface area contributed by atoms with Gasteiger partial charge in [0.25, 0.3) is 5.91 Å². The number of imide groups is 1. The van der Waals surface area contributed by atoms with Gasteiger partial charge >= 0.3 is 12.0 Å². The van der Waals surface area contributed by atoms with E-state index in [1.54, 1.807) is 43.0 Å². The fourth-order valence-corrected chi connectivity index (χ4v) is 5.93. The lowest BCUT2D eigenvalue weighted by atomic mass is 9.77. The Bertz CT molecular complexity index is 1140. The SMILES string of the molecule is CCOC(=O)C1C2COc3ccc(Br)cc3C2N2C(=O)N(c3ccc(Br)cc3)C(=O)[C@@]12C. The Labute approximate surface area is 201 Å². The molecule has 9 heteroatoms. The lowest BCUT2D eigenvalue weighted by Gasteiger charge is -2.34. The van der Waals surface area contributed by atoms with E-state index in [9.17, 15) is 14.4 Å². The molecule has 32 heavy (non-hydrogen) atoms. The maximum absolute atomic E-state index is 13.8. The molecule has 0 radical (unpaired) electrons. The highest BCUT2D eigenvalue weighted by molar-refractivity contribution is 9.10. The summed E-state index contributed by atoms with van der Waals surface area (Å²) in [6.07, 6.45) is 0. The van der Waals surface area contributed by atoms with Gasteiger partial charge in [-0.2, -0.15) is 0 Å². The summed E-state index contributed by atoms with van der Waals surface area (Å²) in [5, 5.41) is 0. The number of fused-ring (bicyclic) bond motifs is 5.